The van der Waals surface area contributed by atoms with E-state index in [9.17, 15) is 13.2 Å². The third-order valence-corrected chi connectivity index (χ3v) is 4.26. The van der Waals surface area contributed by atoms with E-state index < -0.39 is 6.36 Å². The molecule has 3 rings (SSSR count). The standard InChI is InChI=1S/C15H18F3N3O/c16-15(17,18)22-12-5-3-11(4-6-12)21-13(19)20-9-14(7-8-14)10-1-2-10/h3-6,10H,1-2,7-9H2,(H3,19,20,21). The number of rotatable bonds is 5. The summed E-state index contributed by atoms with van der Waals surface area (Å²) in [7, 11) is 0. The number of halogens is 3. The van der Waals surface area contributed by atoms with Crippen LogP contribution in [-0.2, 0) is 0 Å². The van der Waals surface area contributed by atoms with Crippen molar-refractivity contribution in [1.29, 1.82) is 0 Å². The predicted octanol–water partition coefficient (Wildman–Crippen LogP) is 3.50. The zero-order valence-corrected chi connectivity index (χ0v) is 12.0. The van der Waals surface area contributed by atoms with Crippen LogP contribution in [0.25, 0.3) is 0 Å². The van der Waals surface area contributed by atoms with Crippen molar-refractivity contribution in [2.45, 2.75) is 32.0 Å². The highest BCUT2D eigenvalue weighted by molar-refractivity contribution is 5.92. The van der Waals surface area contributed by atoms with Crippen LogP contribution in [0.2, 0.25) is 0 Å². The minimum absolute atomic E-state index is 0.265. The van der Waals surface area contributed by atoms with Crippen molar-refractivity contribution in [1.82, 2.24) is 0 Å². The van der Waals surface area contributed by atoms with Gasteiger partial charge in [-0.1, -0.05) is 0 Å². The van der Waals surface area contributed by atoms with E-state index in [1.165, 1.54) is 49.9 Å². The molecule has 2 aliphatic rings. The van der Waals surface area contributed by atoms with Gasteiger partial charge >= 0.3 is 6.36 Å². The number of nitrogens with two attached hydrogens (primary N) is 1. The highest BCUT2D eigenvalue weighted by atomic mass is 19.4. The third-order valence-electron chi connectivity index (χ3n) is 4.26. The van der Waals surface area contributed by atoms with E-state index in [0.717, 1.165) is 12.5 Å². The van der Waals surface area contributed by atoms with Crippen molar-refractivity contribution in [3.05, 3.63) is 24.3 Å². The van der Waals surface area contributed by atoms with Crippen LogP contribution >= 0.6 is 0 Å². The monoisotopic (exact) mass is 313 g/mol. The fraction of sp³-hybridized carbons (Fsp3) is 0.533. The van der Waals surface area contributed by atoms with E-state index in [1.807, 2.05) is 0 Å². The predicted molar refractivity (Wildman–Crippen MR) is 77.6 cm³/mol. The van der Waals surface area contributed by atoms with Crippen molar-refractivity contribution in [2.24, 2.45) is 22.1 Å². The van der Waals surface area contributed by atoms with Crippen LogP contribution in [0.15, 0.2) is 29.3 Å². The van der Waals surface area contributed by atoms with Gasteiger partial charge in [0.15, 0.2) is 5.96 Å². The van der Waals surface area contributed by atoms with Crippen molar-refractivity contribution in [3.8, 4) is 5.75 Å². The van der Waals surface area contributed by atoms with Crippen molar-refractivity contribution >= 4 is 11.6 Å². The van der Waals surface area contributed by atoms with Crippen molar-refractivity contribution in [3.63, 3.8) is 0 Å². The fourth-order valence-corrected chi connectivity index (χ4v) is 2.72. The maximum Gasteiger partial charge on any atom is 0.573 e. The number of nitrogens with zero attached hydrogens (tertiary/aromatic N) is 1. The van der Waals surface area contributed by atoms with E-state index in [2.05, 4.69) is 15.0 Å². The molecule has 0 radical (unpaired) electrons. The molecular formula is C15H18F3N3O. The molecule has 0 saturated heterocycles. The van der Waals surface area contributed by atoms with Crippen LogP contribution in [-0.4, -0.2) is 18.9 Å². The van der Waals surface area contributed by atoms with E-state index in [-0.39, 0.29) is 11.7 Å². The summed E-state index contributed by atoms with van der Waals surface area (Å²) in [4.78, 5) is 4.37. The van der Waals surface area contributed by atoms with Gasteiger partial charge in [-0.3, -0.25) is 4.99 Å². The summed E-state index contributed by atoms with van der Waals surface area (Å²) in [6.45, 7) is 0.728. The molecule has 2 fully saturated rings. The molecule has 3 N–H and O–H groups in total. The molecule has 0 atom stereocenters. The Morgan fingerprint density at radius 1 is 1.27 bits per heavy atom. The first-order valence-electron chi connectivity index (χ1n) is 7.29. The van der Waals surface area contributed by atoms with Gasteiger partial charge in [0.25, 0.3) is 0 Å². The van der Waals surface area contributed by atoms with Crippen molar-refractivity contribution in [2.75, 3.05) is 11.9 Å². The van der Waals surface area contributed by atoms with Crippen LogP contribution in [0.4, 0.5) is 18.9 Å². The van der Waals surface area contributed by atoms with Gasteiger partial charge in [-0.2, -0.15) is 0 Å². The Hall–Kier alpha value is -1.92. The first-order valence-corrected chi connectivity index (χ1v) is 7.29. The lowest BCUT2D eigenvalue weighted by atomic mass is 10.0. The van der Waals surface area contributed by atoms with Crippen LogP contribution in [0.5, 0.6) is 5.75 Å². The number of nitrogens with one attached hydrogen (secondary N) is 1. The third kappa shape index (κ3) is 3.84. The van der Waals surface area contributed by atoms with Gasteiger partial charge in [0.05, 0.1) is 0 Å². The van der Waals surface area contributed by atoms with Gasteiger partial charge in [-0.05, 0) is 61.3 Å². The van der Waals surface area contributed by atoms with E-state index >= 15 is 0 Å². The lowest BCUT2D eigenvalue weighted by Crippen LogP contribution is -2.24. The number of benzene rings is 1. The molecule has 2 aliphatic carbocycles. The highest BCUT2D eigenvalue weighted by Gasteiger charge is 2.53. The van der Waals surface area contributed by atoms with Gasteiger partial charge in [0.2, 0.25) is 0 Å². The van der Waals surface area contributed by atoms with Gasteiger partial charge in [0.1, 0.15) is 5.75 Å². The summed E-state index contributed by atoms with van der Waals surface area (Å²) in [5.41, 5.74) is 6.78. The summed E-state index contributed by atoms with van der Waals surface area (Å²) in [6.07, 6.45) is 0.347. The quantitative estimate of drug-likeness (QED) is 0.646. The Bertz CT molecular complexity index is 560. The summed E-state index contributed by atoms with van der Waals surface area (Å²) in [5.74, 6) is 0.832. The molecule has 0 unspecified atom stereocenters. The lowest BCUT2D eigenvalue weighted by molar-refractivity contribution is -0.274. The molecular weight excluding hydrogens is 295 g/mol. The number of guanidine groups is 1. The zero-order valence-electron chi connectivity index (χ0n) is 12.0. The molecule has 0 heterocycles. The molecule has 0 spiro atoms. The number of anilines is 1. The molecule has 120 valence electrons. The molecule has 0 bridgehead atoms. The molecule has 7 heteroatoms. The fourth-order valence-electron chi connectivity index (χ4n) is 2.72. The summed E-state index contributed by atoms with van der Waals surface area (Å²) < 4.78 is 40.0. The van der Waals surface area contributed by atoms with Crippen LogP contribution in [0.3, 0.4) is 0 Å². The summed E-state index contributed by atoms with van der Waals surface area (Å²) in [5, 5.41) is 2.88. The number of aliphatic imine (C=N–C) groups is 1. The summed E-state index contributed by atoms with van der Waals surface area (Å²) >= 11 is 0. The SMILES string of the molecule is NC(=NCC1(C2CC2)CC1)Nc1ccc(OC(F)(F)F)cc1. The molecule has 22 heavy (non-hydrogen) atoms. The average molecular weight is 313 g/mol. The van der Waals surface area contributed by atoms with Crippen LogP contribution in [0.1, 0.15) is 25.7 Å². The minimum atomic E-state index is -4.68. The summed E-state index contributed by atoms with van der Waals surface area (Å²) in [6, 6.07) is 5.40. The van der Waals surface area contributed by atoms with Gasteiger partial charge in [0, 0.05) is 12.2 Å². The topological polar surface area (TPSA) is 59.6 Å². The van der Waals surface area contributed by atoms with Crippen LogP contribution in [0, 0.1) is 11.3 Å². The second kappa shape index (κ2) is 5.37. The molecule has 0 aliphatic heterocycles. The van der Waals surface area contributed by atoms with E-state index in [0.29, 0.717) is 11.1 Å². The Labute approximate surface area is 126 Å². The molecule has 1 aromatic carbocycles. The van der Waals surface area contributed by atoms with Gasteiger partial charge in [-0.25, -0.2) is 0 Å². The lowest BCUT2D eigenvalue weighted by Gasteiger charge is -2.12. The molecule has 0 aromatic heterocycles. The Balaban J connectivity index is 1.53. The molecule has 0 amide bonds. The minimum Gasteiger partial charge on any atom is -0.406 e. The molecule has 4 nitrogen and oxygen atoms in total. The van der Waals surface area contributed by atoms with E-state index in [4.69, 9.17) is 5.73 Å². The van der Waals surface area contributed by atoms with Crippen LogP contribution < -0.4 is 15.8 Å². The maximum atomic E-state index is 12.1. The second-order valence-electron chi connectivity index (χ2n) is 6.04. The molecule has 2 saturated carbocycles. The smallest absolute Gasteiger partial charge is 0.406 e. The first-order chi connectivity index (χ1) is 10.4. The number of hydrogen-bond donors (Lipinski definition) is 2. The Morgan fingerprint density at radius 2 is 1.91 bits per heavy atom. The highest BCUT2D eigenvalue weighted by Crippen LogP contribution is 2.61. The van der Waals surface area contributed by atoms with Crippen molar-refractivity contribution < 1.29 is 17.9 Å². The maximum absolute atomic E-state index is 12.1. The average Bonchev–Trinajstić information content (AvgIpc) is 3.30. The Kier molecular flexibility index (Phi) is 3.66. The number of ether oxygens (including phenoxy) is 1. The first kappa shape index (κ1) is 15.0. The zero-order chi connectivity index (χ0) is 15.8. The molecule has 1 aromatic rings. The normalized spacial score (nSPS) is 20.6. The van der Waals surface area contributed by atoms with Gasteiger partial charge in [-0.15, -0.1) is 13.2 Å². The Morgan fingerprint density at radius 3 is 2.41 bits per heavy atom. The largest absolute Gasteiger partial charge is 0.573 e. The van der Waals surface area contributed by atoms with Gasteiger partial charge < -0.3 is 15.8 Å². The van der Waals surface area contributed by atoms with E-state index in [1.54, 1.807) is 0 Å². The second-order valence-corrected chi connectivity index (χ2v) is 6.04. The number of hydrogen-bond acceptors (Lipinski definition) is 2. The number of alkyl halides is 3.